The minimum Gasteiger partial charge on any atom is -0.507 e. The monoisotopic (exact) mass is 562 g/mol. The highest BCUT2D eigenvalue weighted by atomic mass is 16.5. The summed E-state index contributed by atoms with van der Waals surface area (Å²) in [5.74, 6) is -0.939. The number of rotatable bonds is 21. The molecule has 0 atom stereocenters. The number of ether oxygens (including phenoxy) is 1. The van der Waals surface area contributed by atoms with E-state index in [2.05, 4.69) is 78.3 Å². The standard InChI is InChI=1S/C34H46N2O5/c1-3-4-5-6-7-8-9-10-11-12-13-14-15-16-17-18-19-20-21-22-33(39)35-25-26-41-28-34(40)36-30-23-24-32(38)31(27-30)29(2)37/h4-5,7-8,10-11,13-14,16-17,20-21,23-24,27,38H,3,6,9,12,15,18-19,22,25-26,28H2,1-2H3,(H,35,39)(H,36,40)/b5-4-,8-7-,11-10-,14-13-,17-16-,21-20-. The van der Waals surface area contributed by atoms with Gasteiger partial charge < -0.3 is 20.5 Å². The van der Waals surface area contributed by atoms with Crippen LogP contribution in [0.25, 0.3) is 0 Å². The number of Topliss-reactive ketones (excluding diaryl/α,β-unsaturated/α-hetero) is 1. The molecule has 0 saturated carbocycles. The molecule has 3 N–H and O–H groups in total. The molecular formula is C34H46N2O5. The fourth-order valence-electron chi connectivity index (χ4n) is 3.46. The first-order valence-corrected chi connectivity index (χ1v) is 14.3. The molecule has 0 aliphatic carbocycles. The zero-order valence-electron chi connectivity index (χ0n) is 24.5. The minimum atomic E-state index is -0.396. The van der Waals surface area contributed by atoms with Crippen molar-refractivity contribution in [3.63, 3.8) is 0 Å². The molecule has 0 heterocycles. The van der Waals surface area contributed by atoms with E-state index in [-0.39, 0.29) is 36.2 Å². The number of hydrogen-bond donors (Lipinski definition) is 3. The first-order chi connectivity index (χ1) is 19.9. The molecule has 1 aromatic rings. The van der Waals surface area contributed by atoms with Gasteiger partial charge in [0.25, 0.3) is 0 Å². The third kappa shape index (κ3) is 19.7. The second-order valence-electron chi connectivity index (χ2n) is 9.20. The smallest absolute Gasteiger partial charge is 0.250 e. The number of carbonyl (C=O) groups excluding carboxylic acids is 3. The van der Waals surface area contributed by atoms with E-state index in [1.54, 1.807) is 0 Å². The Hall–Kier alpha value is -3.97. The van der Waals surface area contributed by atoms with Crippen molar-refractivity contribution in [1.82, 2.24) is 5.32 Å². The summed E-state index contributed by atoms with van der Waals surface area (Å²) < 4.78 is 5.28. The number of amides is 2. The van der Waals surface area contributed by atoms with Crippen molar-refractivity contribution in [3.8, 4) is 5.75 Å². The highest BCUT2D eigenvalue weighted by molar-refractivity contribution is 5.99. The average molecular weight is 563 g/mol. The Morgan fingerprint density at radius 1 is 0.780 bits per heavy atom. The number of phenolic OH excluding ortho intramolecular Hbond substituents is 1. The molecule has 41 heavy (non-hydrogen) atoms. The van der Waals surface area contributed by atoms with Gasteiger partial charge in [-0.15, -0.1) is 0 Å². The van der Waals surface area contributed by atoms with Gasteiger partial charge in [0.15, 0.2) is 5.78 Å². The van der Waals surface area contributed by atoms with Crippen molar-refractivity contribution in [2.24, 2.45) is 0 Å². The molecule has 0 bridgehead atoms. The van der Waals surface area contributed by atoms with E-state index in [1.165, 1.54) is 25.1 Å². The fourth-order valence-corrected chi connectivity index (χ4v) is 3.46. The van der Waals surface area contributed by atoms with Gasteiger partial charge in [-0.3, -0.25) is 14.4 Å². The second kappa shape index (κ2) is 23.9. The Morgan fingerprint density at radius 2 is 1.34 bits per heavy atom. The molecule has 222 valence electrons. The molecule has 0 unspecified atom stereocenters. The molecule has 1 aromatic carbocycles. The molecular weight excluding hydrogens is 516 g/mol. The molecule has 0 aromatic heterocycles. The van der Waals surface area contributed by atoms with E-state index < -0.39 is 5.91 Å². The normalized spacial score (nSPS) is 12.1. The van der Waals surface area contributed by atoms with Gasteiger partial charge in [-0.25, -0.2) is 0 Å². The van der Waals surface area contributed by atoms with E-state index in [0.29, 0.717) is 18.7 Å². The topological polar surface area (TPSA) is 105 Å². The highest BCUT2D eigenvalue weighted by Gasteiger charge is 2.09. The van der Waals surface area contributed by atoms with E-state index in [0.717, 1.165) is 44.9 Å². The number of carbonyl (C=O) groups is 3. The third-order valence-corrected chi connectivity index (χ3v) is 5.59. The zero-order chi connectivity index (χ0) is 30.0. The molecule has 2 amide bonds. The first kappa shape index (κ1) is 35.1. The van der Waals surface area contributed by atoms with Gasteiger partial charge in [0, 0.05) is 18.7 Å². The van der Waals surface area contributed by atoms with Crippen LogP contribution in [0.15, 0.2) is 91.1 Å². The Morgan fingerprint density at radius 3 is 1.93 bits per heavy atom. The third-order valence-electron chi connectivity index (χ3n) is 5.59. The van der Waals surface area contributed by atoms with Crippen molar-refractivity contribution in [2.75, 3.05) is 25.1 Å². The maximum Gasteiger partial charge on any atom is 0.250 e. The van der Waals surface area contributed by atoms with Gasteiger partial charge in [-0.05, 0) is 70.1 Å². The van der Waals surface area contributed by atoms with Crippen LogP contribution in [0.5, 0.6) is 5.75 Å². The number of unbranched alkanes of at least 4 members (excludes halogenated alkanes) is 1. The lowest BCUT2D eigenvalue weighted by Gasteiger charge is -2.09. The number of phenols is 1. The molecule has 0 fully saturated rings. The van der Waals surface area contributed by atoms with Crippen molar-refractivity contribution in [3.05, 3.63) is 96.7 Å². The van der Waals surface area contributed by atoms with Crippen LogP contribution in [0.1, 0.15) is 75.6 Å². The van der Waals surface area contributed by atoms with E-state index >= 15 is 0 Å². The van der Waals surface area contributed by atoms with Gasteiger partial charge in [-0.1, -0.05) is 79.8 Å². The Labute approximate surface area is 245 Å². The second-order valence-corrected chi connectivity index (χ2v) is 9.20. The zero-order valence-corrected chi connectivity index (χ0v) is 24.5. The predicted octanol–water partition coefficient (Wildman–Crippen LogP) is 7.14. The quantitative estimate of drug-likeness (QED) is 0.0639. The lowest BCUT2D eigenvalue weighted by molar-refractivity contribution is -0.121. The number of nitrogens with one attached hydrogen (secondary N) is 2. The van der Waals surface area contributed by atoms with Crippen molar-refractivity contribution in [1.29, 1.82) is 0 Å². The Kier molecular flexibility index (Phi) is 20.4. The van der Waals surface area contributed by atoms with Crippen LogP contribution in [0, 0.1) is 0 Å². The molecule has 0 radical (unpaired) electrons. The van der Waals surface area contributed by atoms with Gasteiger partial charge in [-0.2, -0.15) is 0 Å². The van der Waals surface area contributed by atoms with Gasteiger partial charge in [0.05, 0.1) is 12.2 Å². The van der Waals surface area contributed by atoms with Gasteiger partial charge in [0.2, 0.25) is 11.8 Å². The van der Waals surface area contributed by atoms with Crippen molar-refractivity contribution in [2.45, 2.75) is 65.2 Å². The van der Waals surface area contributed by atoms with Crippen LogP contribution >= 0.6 is 0 Å². The largest absolute Gasteiger partial charge is 0.507 e. The SMILES string of the molecule is CC/C=C\C/C=C\C/C=C\C/C=C\C/C=C\CC/C=C\CC(=O)NCCOCC(=O)Nc1ccc(O)c(C(C)=O)c1. The fraction of sp³-hybridized carbons (Fsp3) is 0.382. The lowest BCUT2D eigenvalue weighted by Crippen LogP contribution is -2.28. The first-order valence-electron chi connectivity index (χ1n) is 14.3. The minimum absolute atomic E-state index is 0.106. The van der Waals surface area contributed by atoms with Crippen LogP contribution in [0.3, 0.4) is 0 Å². The molecule has 0 aliphatic heterocycles. The van der Waals surface area contributed by atoms with E-state index in [9.17, 15) is 19.5 Å². The molecule has 7 heteroatoms. The lowest BCUT2D eigenvalue weighted by atomic mass is 10.1. The van der Waals surface area contributed by atoms with E-state index in [1.807, 2.05) is 12.2 Å². The number of allylic oxidation sites excluding steroid dienone is 11. The van der Waals surface area contributed by atoms with Crippen molar-refractivity contribution < 1.29 is 24.2 Å². The predicted molar refractivity (Wildman–Crippen MR) is 168 cm³/mol. The molecule has 1 rings (SSSR count). The number of hydrogen-bond acceptors (Lipinski definition) is 5. The average Bonchev–Trinajstić information content (AvgIpc) is 2.95. The van der Waals surface area contributed by atoms with Crippen LogP contribution in [-0.4, -0.2) is 42.5 Å². The molecule has 0 spiro atoms. The summed E-state index contributed by atoms with van der Waals surface area (Å²) in [6.07, 6.45) is 32.7. The Balaban J connectivity index is 2.02. The summed E-state index contributed by atoms with van der Waals surface area (Å²) in [5, 5.41) is 15.0. The van der Waals surface area contributed by atoms with Gasteiger partial charge in [0.1, 0.15) is 12.4 Å². The number of ketones is 1. The molecule has 7 nitrogen and oxygen atoms in total. The summed E-state index contributed by atoms with van der Waals surface area (Å²) in [6.45, 7) is 3.78. The molecule has 0 saturated heterocycles. The van der Waals surface area contributed by atoms with Crippen LogP contribution in [0.2, 0.25) is 0 Å². The summed E-state index contributed by atoms with van der Waals surface area (Å²) >= 11 is 0. The summed E-state index contributed by atoms with van der Waals surface area (Å²) in [4.78, 5) is 35.4. The number of aromatic hydroxyl groups is 1. The maximum atomic E-state index is 12.0. The summed E-state index contributed by atoms with van der Waals surface area (Å²) in [7, 11) is 0. The maximum absolute atomic E-state index is 12.0. The number of benzene rings is 1. The number of anilines is 1. The van der Waals surface area contributed by atoms with E-state index in [4.69, 9.17) is 4.74 Å². The highest BCUT2D eigenvalue weighted by Crippen LogP contribution is 2.21. The Bertz CT molecular complexity index is 1100. The van der Waals surface area contributed by atoms with Crippen LogP contribution < -0.4 is 10.6 Å². The van der Waals surface area contributed by atoms with Gasteiger partial charge >= 0.3 is 0 Å². The van der Waals surface area contributed by atoms with Crippen LogP contribution in [0.4, 0.5) is 5.69 Å². The van der Waals surface area contributed by atoms with Crippen molar-refractivity contribution >= 4 is 23.3 Å². The van der Waals surface area contributed by atoms with Crippen LogP contribution in [-0.2, 0) is 14.3 Å². The molecule has 0 aliphatic rings. The summed E-state index contributed by atoms with van der Waals surface area (Å²) in [5.41, 5.74) is 0.526. The summed E-state index contributed by atoms with van der Waals surface area (Å²) in [6, 6.07) is 4.26.